The summed E-state index contributed by atoms with van der Waals surface area (Å²) in [4.78, 5) is 8.86. The number of aryl methyl sites for hydroxylation is 1. The van der Waals surface area contributed by atoms with Gasteiger partial charge in [-0.1, -0.05) is 6.92 Å². The van der Waals surface area contributed by atoms with E-state index >= 15 is 0 Å². The van der Waals surface area contributed by atoms with E-state index < -0.39 is 0 Å². The van der Waals surface area contributed by atoms with Gasteiger partial charge in [0, 0.05) is 19.0 Å². The molecular weight excluding hydrogens is 226 g/mol. The van der Waals surface area contributed by atoms with Crippen molar-refractivity contribution in [1.82, 2.24) is 15.3 Å². The summed E-state index contributed by atoms with van der Waals surface area (Å²) in [6.07, 6.45) is 8.76. The highest BCUT2D eigenvalue weighted by Crippen LogP contribution is 2.22. The second-order valence-corrected chi connectivity index (χ2v) is 4.94. The highest BCUT2D eigenvalue weighted by atomic mass is 16.5. The Bertz CT molecular complexity index is 347. The molecule has 1 aromatic heterocycles. The normalized spacial score (nSPS) is 21.1. The van der Waals surface area contributed by atoms with Crippen LogP contribution in [-0.4, -0.2) is 29.2 Å². The van der Waals surface area contributed by atoms with Gasteiger partial charge in [-0.15, -0.1) is 0 Å². The molecule has 1 saturated heterocycles. The third kappa shape index (κ3) is 3.75. The minimum atomic E-state index is 0.250. The monoisotopic (exact) mass is 249 g/mol. The Labute approximate surface area is 109 Å². The molecule has 100 valence electrons. The van der Waals surface area contributed by atoms with E-state index in [-0.39, 0.29) is 6.04 Å². The molecule has 1 aliphatic rings. The van der Waals surface area contributed by atoms with E-state index in [1.807, 2.05) is 19.3 Å². The van der Waals surface area contributed by atoms with Gasteiger partial charge in [0.2, 0.25) is 0 Å². The molecular formula is C14H23N3O. The van der Waals surface area contributed by atoms with Crippen molar-refractivity contribution >= 4 is 0 Å². The van der Waals surface area contributed by atoms with Crippen LogP contribution in [0, 0.1) is 6.92 Å². The summed E-state index contributed by atoms with van der Waals surface area (Å²) in [6.45, 7) is 6.00. The van der Waals surface area contributed by atoms with Gasteiger partial charge in [-0.25, -0.2) is 9.97 Å². The number of ether oxygens (including phenoxy) is 1. The van der Waals surface area contributed by atoms with Crippen LogP contribution in [0.5, 0.6) is 0 Å². The second-order valence-electron chi connectivity index (χ2n) is 4.94. The van der Waals surface area contributed by atoms with Crippen LogP contribution in [0.2, 0.25) is 0 Å². The Kier molecular flexibility index (Phi) is 5.08. The molecule has 0 amide bonds. The van der Waals surface area contributed by atoms with Gasteiger partial charge in [-0.05, 0) is 44.7 Å². The second kappa shape index (κ2) is 6.81. The fourth-order valence-corrected chi connectivity index (χ4v) is 2.38. The first-order valence-corrected chi connectivity index (χ1v) is 6.93. The van der Waals surface area contributed by atoms with Crippen molar-refractivity contribution in [1.29, 1.82) is 0 Å². The summed E-state index contributed by atoms with van der Waals surface area (Å²) in [6, 6.07) is 0.250. The molecule has 1 N–H and O–H groups in total. The molecule has 2 heterocycles. The lowest BCUT2D eigenvalue weighted by molar-refractivity contribution is 0.0993. The standard InChI is InChI=1S/C14H23N3O/c1-3-15-13(7-6-12-5-4-8-18-12)14-16-9-11(2)10-17-14/h9-10,12-13,15H,3-8H2,1-2H3. The van der Waals surface area contributed by atoms with E-state index in [0.29, 0.717) is 6.10 Å². The van der Waals surface area contributed by atoms with Crippen LogP contribution in [0.1, 0.15) is 50.0 Å². The Morgan fingerprint density at radius 2 is 2.22 bits per heavy atom. The topological polar surface area (TPSA) is 47.0 Å². The van der Waals surface area contributed by atoms with Gasteiger partial charge in [0.25, 0.3) is 0 Å². The summed E-state index contributed by atoms with van der Waals surface area (Å²) in [5.74, 6) is 0.903. The van der Waals surface area contributed by atoms with Crippen LogP contribution >= 0.6 is 0 Å². The fraction of sp³-hybridized carbons (Fsp3) is 0.714. The number of nitrogens with zero attached hydrogens (tertiary/aromatic N) is 2. The average Bonchev–Trinajstić information content (AvgIpc) is 2.89. The van der Waals surface area contributed by atoms with Gasteiger partial charge >= 0.3 is 0 Å². The summed E-state index contributed by atoms with van der Waals surface area (Å²) in [5.41, 5.74) is 1.10. The molecule has 2 rings (SSSR count). The Balaban J connectivity index is 1.91. The predicted octanol–water partition coefficient (Wildman–Crippen LogP) is 2.39. The Morgan fingerprint density at radius 1 is 1.44 bits per heavy atom. The average molecular weight is 249 g/mol. The molecule has 0 saturated carbocycles. The molecule has 1 aliphatic heterocycles. The van der Waals surface area contributed by atoms with Crippen LogP contribution < -0.4 is 5.32 Å². The van der Waals surface area contributed by atoms with Crippen molar-refractivity contribution < 1.29 is 4.74 Å². The fourth-order valence-electron chi connectivity index (χ4n) is 2.38. The zero-order chi connectivity index (χ0) is 12.8. The molecule has 0 aromatic carbocycles. The van der Waals surface area contributed by atoms with E-state index in [2.05, 4.69) is 22.2 Å². The van der Waals surface area contributed by atoms with Gasteiger partial charge < -0.3 is 10.1 Å². The highest BCUT2D eigenvalue weighted by molar-refractivity contribution is 5.04. The predicted molar refractivity (Wildman–Crippen MR) is 71.4 cm³/mol. The zero-order valence-corrected chi connectivity index (χ0v) is 11.4. The van der Waals surface area contributed by atoms with E-state index in [1.54, 1.807) is 0 Å². The third-order valence-corrected chi connectivity index (χ3v) is 3.36. The number of hydrogen-bond acceptors (Lipinski definition) is 4. The minimum Gasteiger partial charge on any atom is -0.378 e. The highest BCUT2D eigenvalue weighted by Gasteiger charge is 2.19. The van der Waals surface area contributed by atoms with E-state index in [1.165, 1.54) is 12.8 Å². The zero-order valence-electron chi connectivity index (χ0n) is 11.4. The summed E-state index contributed by atoms with van der Waals surface area (Å²) >= 11 is 0. The third-order valence-electron chi connectivity index (χ3n) is 3.36. The van der Waals surface area contributed by atoms with E-state index in [9.17, 15) is 0 Å². The maximum atomic E-state index is 5.67. The smallest absolute Gasteiger partial charge is 0.145 e. The van der Waals surface area contributed by atoms with Crippen molar-refractivity contribution in [2.75, 3.05) is 13.2 Å². The minimum absolute atomic E-state index is 0.250. The molecule has 0 spiro atoms. The lowest BCUT2D eigenvalue weighted by Gasteiger charge is -2.18. The van der Waals surface area contributed by atoms with Crippen molar-refractivity contribution in [3.63, 3.8) is 0 Å². The van der Waals surface area contributed by atoms with Gasteiger partial charge in [0.05, 0.1) is 12.1 Å². The van der Waals surface area contributed by atoms with Crippen molar-refractivity contribution in [2.45, 2.75) is 51.7 Å². The van der Waals surface area contributed by atoms with Gasteiger partial charge in [-0.2, -0.15) is 0 Å². The number of aromatic nitrogens is 2. The molecule has 4 nitrogen and oxygen atoms in total. The largest absolute Gasteiger partial charge is 0.378 e. The van der Waals surface area contributed by atoms with Crippen LogP contribution in [0.4, 0.5) is 0 Å². The molecule has 18 heavy (non-hydrogen) atoms. The molecule has 4 heteroatoms. The quantitative estimate of drug-likeness (QED) is 0.841. The van der Waals surface area contributed by atoms with Gasteiger partial charge in [0.15, 0.2) is 0 Å². The first kappa shape index (κ1) is 13.4. The first-order valence-electron chi connectivity index (χ1n) is 6.93. The van der Waals surface area contributed by atoms with E-state index in [0.717, 1.165) is 37.4 Å². The van der Waals surface area contributed by atoms with Gasteiger partial charge in [-0.3, -0.25) is 0 Å². The Hall–Kier alpha value is -1.00. The van der Waals surface area contributed by atoms with Crippen LogP contribution in [0.15, 0.2) is 12.4 Å². The lowest BCUT2D eigenvalue weighted by atomic mass is 10.1. The molecule has 1 aromatic rings. The summed E-state index contributed by atoms with van der Waals surface area (Å²) < 4.78 is 5.67. The maximum absolute atomic E-state index is 5.67. The maximum Gasteiger partial charge on any atom is 0.145 e. The summed E-state index contributed by atoms with van der Waals surface area (Å²) in [7, 11) is 0. The number of hydrogen-bond donors (Lipinski definition) is 1. The lowest BCUT2D eigenvalue weighted by Crippen LogP contribution is -2.24. The molecule has 0 bridgehead atoms. The summed E-state index contributed by atoms with van der Waals surface area (Å²) in [5, 5.41) is 3.46. The van der Waals surface area contributed by atoms with Gasteiger partial charge in [0.1, 0.15) is 5.82 Å². The van der Waals surface area contributed by atoms with E-state index in [4.69, 9.17) is 4.74 Å². The molecule has 2 unspecified atom stereocenters. The van der Waals surface area contributed by atoms with Crippen molar-refractivity contribution in [3.05, 3.63) is 23.8 Å². The molecule has 0 radical (unpaired) electrons. The van der Waals surface area contributed by atoms with Crippen LogP contribution in [0.25, 0.3) is 0 Å². The van der Waals surface area contributed by atoms with Crippen LogP contribution in [-0.2, 0) is 4.74 Å². The van der Waals surface area contributed by atoms with Crippen LogP contribution in [0.3, 0.4) is 0 Å². The molecule has 2 atom stereocenters. The molecule has 1 fully saturated rings. The Morgan fingerprint density at radius 3 is 2.83 bits per heavy atom. The molecule has 0 aliphatic carbocycles. The first-order chi connectivity index (χ1) is 8.79. The number of nitrogens with one attached hydrogen (secondary N) is 1. The van der Waals surface area contributed by atoms with Crippen molar-refractivity contribution in [3.8, 4) is 0 Å². The SMILES string of the molecule is CCNC(CCC1CCCO1)c1ncc(C)cn1. The van der Waals surface area contributed by atoms with Crippen molar-refractivity contribution in [2.24, 2.45) is 0 Å². The number of rotatable bonds is 6.